The van der Waals surface area contributed by atoms with Crippen LogP contribution in [0.25, 0.3) is 0 Å². The molecule has 1 unspecified atom stereocenters. The number of nitrogens with one attached hydrogen (secondary N) is 1. The average molecular weight is 555 g/mol. The summed E-state index contributed by atoms with van der Waals surface area (Å²) in [5, 5.41) is 0.434. The maximum atomic E-state index is 12.9. The molecule has 1 N–H and O–H groups in total. The van der Waals surface area contributed by atoms with Gasteiger partial charge >= 0.3 is 0 Å². The highest BCUT2D eigenvalue weighted by Crippen LogP contribution is 2.36. The number of methoxy groups -OCH3 is 1. The summed E-state index contributed by atoms with van der Waals surface area (Å²) in [4.78, 5) is 2.23. The smallest absolute Gasteiger partial charge is 0.263 e. The van der Waals surface area contributed by atoms with Crippen molar-refractivity contribution in [3.63, 3.8) is 0 Å². The van der Waals surface area contributed by atoms with Crippen molar-refractivity contribution in [1.29, 1.82) is 0 Å². The monoisotopic (exact) mass is 552 g/mol. The van der Waals surface area contributed by atoms with Crippen LogP contribution in [-0.2, 0) is 10.0 Å². The Labute approximate surface area is 186 Å². The largest absolute Gasteiger partial charge is 0.496 e. The standard InChI is InChI=1S/C18H19Br2ClN2O4S/c1-23-6-5-12(10-23)27-17-7-11(3-4-15(17)21)22-28(24,25)18-9-16(26-2)13(19)8-14(18)20/h3-4,7-9,12,22H,5-6,10H2,1-2H3. The number of anilines is 1. The summed E-state index contributed by atoms with van der Waals surface area (Å²) in [5.74, 6) is 0.865. The molecule has 1 aliphatic rings. The van der Waals surface area contributed by atoms with E-state index in [-0.39, 0.29) is 11.0 Å². The Bertz CT molecular complexity index is 988. The molecule has 1 fully saturated rings. The molecule has 2 aromatic rings. The van der Waals surface area contributed by atoms with E-state index in [9.17, 15) is 8.42 Å². The van der Waals surface area contributed by atoms with Gasteiger partial charge in [-0.1, -0.05) is 11.6 Å². The van der Waals surface area contributed by atoms with Crippen LogP contribution < -0.4 is 14.2 Å². The predicted molar refractivity (Wildman–Crippen MR) is 117 cm³/mol. The molecule has 10 heteroatoms. The molecule has 0 saturated carbocycles. The van der Waals surface area contributed by atoms with Crippen LogP contribution in [0.5, 0.6) is 11.5 Å². The van der Waals surface area contributed by atoms with Crippen molar-refractivity contribution < 1.29 is 17.9 Å². The SMILES string of the molecule is COc1cc(S(=O)(=O)Nc2ccc(Cl)c(OC3CCN(C)C3)c2)c(Br)cc1Br. The summed E-state index contributed by atoms with van der Waals surface area (Å²) in [6, 6.07) is 7.88. The summed E-state index contributed by atoms with van der Waals surface area (Å²) in [6.45, 7) is 1.76. The zero-order chi connectivity index (χ0) is 20.5. The Morgan fingerprint density at radius 2 is 1.93 bits per heavy atom. The lowest BCUT2D eigenvalue weighted by Gasteiger charge is -2.17. The van der Waals surface area contributed by atoms with E-state index in [0.717, 1.165) is 19.5 Å². The first kappa shape index (κ1) is 21.7. The highest BCUT2D eigenvalue weighted by atomic mass is 79.9. The molecular formula is C18H19Br2ClN2O4S. The number of sulfonamides is 1. The second-order valence-corrected chi connectivity index (χ2v) is 10.2. The van der Waals surface area contributed by atoms with E-state index >= 15 is 0 Å². The summed E-state index contributed by atoms with van der Waals surface area (Å²) in [7, 11) is -0.363. The Kier molecular flexibility index (Phi) is 6.81. The zero-order valence-corrected chi connectivity index (χ0v) is 20.0. The van der Waals surface area contributed by atoms with E-state index < -0.39 is 10.0 Å². The van der Waals surface area contributed by atoms with Gasteiger partial charge in [0.2, 0.25) is 0 Å². The van der Waals surface area contributed by atoms with Crippen LogP contribution in [0, 0.1) is 0 Å². The van der Waals surface area contributed by atoms with Crippen molar-refractivity contribution in [3.8, 4) is 11.5 Å². The number of halogens is 3. The van der Waals surface area contributed by atoms with Gasteiger partial charge in [-0.15, -0.1) is 0 Å². The van der Waals surface area contributed by atoms with E-state index in [1.807, 2.05) is 7.05 Å². The third-order valence-corrected chi connectivity index (χ3v) is 7.59. The molecule has 1 atom stereocenters. The fourth-order valence-corrected chi connectivity index (χ4v) is 5.99. The second-order valence-electron chi connectivity index (χ2n) is 6.46. The van der Waals surface area contributed by atoms with Gasteiger partial charge < -0.3 is 14.4 Å². The maximum absolute atomic E-state index is 12.9. The minimum atomic E-state index is -3.86. The van der Waals surface area contributed by atoms with Gasteiger partial charge in [0, 0.05) is 29.7 Å². The molecule has 2 aromatic carbocycles. The molecule has 152 valence electrons. The molecule has 0 spiro atoms. The van der Waals surface area contributed by atoms with Gasteiger partial charge in [0.25, 0.3) is 10.0 Å². The summed E-state index contributed by atoms with van der Waals surface area (Å²) >= 11 is 12.9. The summed E-state index contributed by atoms with van der Waals surface area (Å²) < 4.78 is 40.6. The van der Waals surface area contributed by atoms with Crippen LogP contribution in [0.2, 0.25) is 5.02 Å². The first-order valence-electron chi connectivity index (χ1n) is 8.40. The van der Waals surface area contributed by atoms with Crippen molar-refractivity contribution in [3.05, 3.63) is 44.3 Å². The maximum Gasteiger partial charge on any atom is 0.263 e. The number of ether oxygens (including phenoxy) is 2. The van der Waals surface area contributed by atoms with Crippen LogP contribution in [0.3, 0.4) is 0 Å². The van der Waals surface area contributed by atoms with Gasteiger partial charge in [-0.25, -0.2) is 8.42 Å². The molecular weight excluding hydrogens is 536 g/mol. The van der Waals surface area contributed by atoms with Crippen LogP contribution >= 0.6 is 43.5 Å². The van der Waals surface area contributed by atoms with Crippen molar-refractivity contribution in [2.75, 3.05) is 32.0 Å². The second kappa shape index (κ2) is 8.79. The van der Waals surface area contributed by atoms with Crippen LogP contribution in [0.4, 0.5) is 5.69 Å². The zero-order valence-electron chi connectivity index (χ0n) is 15.2. The molecule has 6 nitrogen and oxygen atoms in total. The number of hydrogen-bond acceptors (Lipinski definition) is 5. The van der Waals surface area contributed by atoms with Crippen LogP contribution in [0.15, 0.2) is 44.2 Å². The molecule has 1 saturated heterocycles. The number of hydrogen-bond donors (Lipinski definition) is 1. The van der Waals surface area contributed by atoms with Crippen LogP contribution in [-0.4, -0.2) is 46.7 Å². The Morgan fingerprint density at radius 3 is 2.57 bits per heavy atom. The van der Waals surface area contributed by atoms with Gasteiger partial charge in [0.15, 0.2) is 0 Å². The molecule has 0 radical (unpaired) electrons. The topological polar surface area (TPSA) is 67.9 Å². The lowest BCUT2D eigenvalue weighted by molar-refractivity contribution is 0.208. The third kappa shape index (κ3) is 4.94. The molecule has 0 bridgehead atoms. The van der Waals surface area contributed by atoms with E-state index in [0.29, 0.717) is 31.2 Å². The summed E-state index contributed by atoms with van der Waals surface area (Å²) in [6.07, 6.45) is 0.924. The summed E-state index contributed by atoms with van der Waals surface area (Å²) in [5.41, 5.74) is 0.361. The average Bonchev–Trinajstić information content (AvgIpc) is 3.02. The van der Waals surface area contributed by atoms with Gasteiger partial charge in [-0.05, 0) is 63.5 Å². The third-order valence-electron chi connectivity index (χ3n) is 4.32. The number of likely N-dealkylation sites (N-methyl/N-ethyl adjacent to an activating group) is 1. The minimum absolute atomic E-state index is 0.0271. The lowest BCUT2D eigenvalue weighted by Crippen LogP contribution is -2.21. The molecule has 1 aliphatic heterocycles. The number of nitrogens with zero attached hydrogens (tertiary/aromatic N) is 1. The van der Waals surface area contributed by atoms with E-state index in [2.05, 4.69) is 41.5 Å². The highest BCUT2D eigenvalue weighted by molar-refractivity contribution is 9.11. The van der Waals surface area contributed by atoms with Gasteiger partial charge in [0.1, 0.15) is 22.5 Å². The molecule has 28 heavy (non-hydrogen) atoms. The van der Waals surface area contributed by atoms with Crippen molar-refractivity contribution in [2.45, 2.75) is 17.4 Å². The van der Waals surface area contributed by atoms with Crippen molar-refractivity contribution in [2.24, 2.45) is 0 Å². The Hall–Kier alpha value is -1.000. The minimum Gasteiger partial charge on any atom is -0.496 e. The molecule has 0 amide bonds. The fourth-order valence-electron chi connectivity index (χ4n) is 2.91. The molecule has 1 heterocycles. The predicted octanol–water partition coefficient (Wildman–Crippen LogP) is 4.76. The Balaban J connectivity index is 1.86. The number of rotatable bonds is 6. The van der Waals surface area contributed by atoms with Crippen molar-refractivity contribution >= 4 is 59.2 Å². The molecule has 0 aromatic heterocycles. The van der Waals surface area contributed by atoms with E-state index in [1.165, 1.54) is 13.2 Å². The van der Waals surface area contributed by atoms with Gasteiger partial charge in [-0.2, -0.15) is 0 Å². The normalized spacial score (nSPS) is 17.5. The quantitative estimate of drug-likeness (QED) is 0.558. The van der Waals surface area contributed by atoms with Crippen LogP contribution in [0.1, 0.15) is 6.42 Å². The molecule has 3 rings (SSSR count). The van der Waals surface area contributed by atoms with Gasteiger partial charge in [-0.3, -0.25) is 4.72 Å². The molecule has 0 aliphatic carbocycles. The van der Waals surface area contributed by atoms with Crippen molar-refractivity contribution in [1.82, 2.24) is 4.90 Å². The van der Waals surface area contributed by atoms with E-state index in [1.54, 1.807) is 24.3 Å². The lowest BCUT2D eigenvalue weighted by atomic mass is 10.3. The van der Waals surface area contributed by atoms with E-state index in [4.69, 9.17) is 21.1 Å². The first-order chi connectivity index (χ1) is 13.2. The number of likely N-dealkylation sites (tertiary alicyclic amines) is 1. The number of benzene rings is 2. The highest BCUT2D eigenvalue weighted by Gasteiger charge is 2.23. The fraction of sp³-hybridized carbons (Fsp3) is 0.333. The Morgan fingerprint density at radius 1 is 1.18 bits per heavy atom. The first-order valence-corrected chi connectivity index (χ1v) is 11.8. The van der Waals surface area contributed by atoms with Gasteiger partial charge in [0.05, 0.1) is 22.3 Å².